The molecule has 0 aliphatic heterocycles. The van der Waals surface area contributed by atoms with Crippen molar-refractivity contribution in [2.24, 2.45) is 0 Å². The number of benzene rings is 1. The molecular formula is C12H17ClFNO3S. The zero-order valence-electron chi connectivity index (χ0n) is 10.8. The number of aliphatic hydroxyl groups is 1. The predicted octanol–water partition coefficient (Wildman–Crippen LogP) is 2.31. The second-order valence-electron chi connectivity index (χ2n) is 4.65. The number of rotatable bonds is 6. The highest BCUT2D eigenvalue weighted by Crippen LogP contribution is 2.22. The first kappa shape index (κ1) is 16.4. The lowest BCUT2D eigenvalue weighted by molar-refractivity contribution is 0.0554. The Hall–Kier alpha value is -0.690. The van der Waals surface area contributed by atoms with Crippen LogP contribution in [0, 0.1) is 5.82 Å². The number of halogens is 2. The summed E-state index contributed by atoms with van der Waals surface area (Å²) < 4.78 is 39.3. The van der Waals surface area contributed by atoms with Crippen LogP contribution >= 0.6 is 11.6 Å². The van der Waals surface area contributed by atoms with Gasteiger partial charge < -0.3 is 5.11 Å². The summed E-state index contributed by atoms with van der Waals surface area (Å²) >= 11 is 5.74. The maximum Gasteiger partial charge on any atom is 0.242 e. The standard InChI is InChI=1S/C12H17ClFNO3S/c1-3-6-12(2,16)8-15-19(17,18)11-7-9(14)4-5-10(11)13/h4-5,7,15-16H,3,6,8H2,1-2H3. The molecule has 0 saturated carbocycles. The van der Waals surface area contributed by atoms with Crippen LogP contribution in [-0.2, 0) is 10.0 Å². The van der Waals surface area contributed by atoms with E-state index in [-0.39, 0.29) is 16.5 Å². The molecule has 4 nitrogen and oxygen atoms in total. The third kappa shape index (κ3) is 4.72. The van der Waals surface area contributed by atoms with Crippen LogP contribution in [0.15, 0.2) is 23.1 Å². The molecule has 0 spiro atoms. The van der Waals surface area contributed by atoms with Crippen LogP contribution in [0.4, 0.5) is 4.39 Å². The van der Waals surface area contributed by atoms with Gasteiger partial charge in [0.15, 0.2) is 0 Å². The largest absolute Gasteiger partial charge is 0.389 e. The highest BCUT2D eigenvalue weighted by atomic mass is 35.5. The van der Waals surface area contributed by atoms with Gasteiger partial charge in [-0.05, 0) is 31.5 Å². The summed E-state index contributed by atoms with van der Waals surface area (Å²) in [5, 5.41) is 9.85. The van der Waals surface area contributed by atoms with Gasteiger partial charge in [-0.15, -0.1) is 0 Å². The van der Waals surface area contributed by atoms with Crippen molar-refractivity contribution >= 4 is 21.6 Å². The summed E-state index contributed by atoms with van der Waals surface area (Å²) in [6.07, 6.45) is 1.17. The molecule has 2 N–H and O–H groups in total. The maximum absolute atomic E-state index is 13.1. The molecule has 1 aromatic carbocycles. The Kier molecular flexibility index (Phi) is 5.32. The van der Waals surface area contributed by atoms with Crippen LogP contribution in [0.3, 0.4) is 0 Å². The second kappa shape index (κ2) is 6.17. The fraction of sp³-hybridized carbons (Fsp3) is 0.500. The first-order chi connectivity index (χ1) is 8.68. The SMILES string of the molecule is CCCC(C)(O)CNS(=O)(=O)c1cc(F)ccc1Cl. The molecule has 1 unspecified atom stereocenters. The zero-order chi connectivity index (χ0) is 14.7. The monoisotopic (exact) mass is 309 g/mol. The van der Waals surface area contributed by atoms with Gasteiger partial charge >= 0.3 is 0 Å². The van der Waals surface area contributed by atoms with Crippen molar-refractivity contribution in [1.82, 2.24) is 4.72 Å². The molecule has 0 fully saturated rings. The molecule has 108 valence electrons. The van der Waals surface area contributed by atoms with Crippen molar-refractivity contribution in [2.45, 2.75) is 37.2 Å². The smallest absolute Gasteiger partial charge is 0.242 e. The first-order valence-electron chi connectivity index (χ1n) is 5.85. The van der Waals surface area contributed by atoms with Gasteiger partial charge in [-0.3, -0.25) is 0 Å². The van der Waals surface area contributed by atoms with Gasteiger partial charge in [0.05, 0.1) is 10.6 Å². The zero-order valence-corrected chi connectivity index (χ0v) is 12.4. The van der Waals surface area contributed by atoms with Gasteiger partial charge in [0.2, 0.25) is 10.0 Å². The van der Waals surface area contributed by atoms with Crippen LogP contribution in [0.1, 0.15) is 26.7 Å². The average molecular weight is 310 g/mol. The molecule has 7 heteroatoms. The molecule has 0 heterocycles. The molecule has 0 saturated heterocycles. The van der Waals surface area contributed by atoms with Crippen molar-refractivity contribution in [3.8, 4) is 0 Å². The van der Waals surface area contributed by atoms with E-state index in [0.717, 1.165) is 18.6 Å². The summed E-state index contributed by atoms with van der Waals surface area (Å²) in [6.45, 7) is 3.26. The molecule has 1 rings (SSSR count). The van der Waals surface area contributed by atoms with Gasteiger partial charge in [-0.25, -0.2) is 17.5 Å². The summed E-state index contributed by atoms with van der Waals surface area (Å²) in [4.78, 5) is -0.332. The molecule has 0 bridgehead atoms. The molecule has 0 aliphatic rings. The Morgan fingerprint density at radius 2 is 2.11 bits per heavy atom. The van der Waals surface area contributed by atoms with Crippen LogP contribution in [0.25, 0.3) is 0 Å². The van der Waals surface area contributed by atoms with Gasteiger partial charge in [0, 0.05) is 6.54 Å². The van der Waals surface area contributed by atoms with E-state index in [0.29, 0.717) is 6.42 Å². The lowest BCUT2D eigenvalue weighted by Gasteiger charge is -2.23. The maximum atomic E-state index is 13.1. The highest BCUT2D eigenvalue weighted by molar-refractivity contribution is 7.89. The van der Waals surface area contributed by atoms with Crippen molar-refractivity contribution in [1.29, 1.82) is 0 Å². The Morgan fingerprint density at radius 1 is 1.47 bits per heavy atom. The minimum absolute atomic E-state index is 0.0657. The Labute approximate surface area is 117 Å². The van der Waals surface area contributed by atoms with E-state index in [1.54, 1.807) is 0 Å². The van der Waals surface area contributed by atoms with Crippen LogP contribution in [0.5, 0.6) is 0 Å². The number of hydrogen-bond donors (Lipinski definition) is 2. The third-order valence-electron chi connectivity index (χ3n) is 2.61. The van der Waals surface area contributed by atoms with Crippen molar-refractivity contribution in [2.75, 3.05) is 6.54 Å². The van der Waals surface area contributed by atoms with Crippen LogP contribution in [0.2, 0.25) is 5.02 Å². The van der Waals surface area contributed by atoms with E-state index in [9.17, 15) is 17.9 Å². The molecule has 0 radical (unpaired) electrons. The molecular weight excluding hydrogens is 293 g/mol. The number of hydrogen-bond acceptors (Lipinski definition) is 3. The van der Waals surface area contributed by atoms with Gasteiger partial charge in [0.1, 0.15) is 10.7 Å². The van der Waals surface area contributed by atoms with Gasteiger partial charge in [-0.1, -0.05) is 24.9 Å². The number of nitrogens with one attached hydrogen (secondary N) is 1. The fourth-order valence-corrected chi connectivity index (χ4v) is 3.31. The van der Waals surface area contributed by atoms with E-state index in [1.165, 1.54) is 13.0 Å². The average Bonchev–Trinajstić information content (AvgIpc) is 2.30. The summed E-state index contributed by atoms with van der Waals surface area (Å²) in [6, 6.07) is 3.10. The van der Waals surface area contributed by atoms with Crippen molar-refractivity contribution in [3.05, 3.63) is 29.0 Å². The highest BCUT2D eigenvalue weighted by Gasteiger charge is 2.25. The van der Waals surface area contributed by atoms with Crippen molar-refractivity contribution < 1.29 is 17.9 Å². The van der Waals surface area contributed by atoms with Crippen molar-refractivity contribution in [3.63, 3.8) is 0 Å². The van der Waals surface area contributed by atoms with Crippen LogP contribution < -0.4 is 4.72 Å². The fourth-order valence-electron chi connectivity index (χ4n) is 1.64. The van der Waals surface area contributed by atoms with E-state index in [1.807, 2.05) is 6.92 Å². The lowest BCUT2D eigenvalue weighted by Crippen LogP contribution is -2.40. The van der Waals surface area contributed by atoms with Crippen LogP contribution in [-0.4, -0.2) is 25.7 Å². The molecule has 0 aliphatic carbocycles. The molecule has 1 atom stereocenters. The Balaban J connectivity index is 2.90. The minimum atomic E-state index is -3.95. The third-order valence-corrected chi connectivity index (χ3v) is 4.50. The summed E-state index contributed by atoms with van der Waals surface area (Å²) in [7, 11) is -3.95. The molecule has 1 aromatic rings. The first-order valence-corrected chi connectivity index (χ1v) is 7.71. The van der Waals surface area contributed by atoms with Gasteiger partial charge in [-0.2, -0.15) is 0 Å². The summed E-state index contributed by atoms with van der Waals surface area (Å²) in [5.41, 5.74) is -1.15. The molecule has 0 aromatic heterocycles. The lowest BCUT2D eigenvalue weighted by atomic mass is 10.0. The normalized spacial score (nSPS) is 15.2. The quantitative estimate of drug-likeness (QED) is 0.847. The van der Waals surface area contributed by atoms with E-state index in [4.69, 9.17) is 11.6 Å². The molecule has 19 heavy (non-hydrogen) atoms. The topological polar surface area (TPSA) is 66.4 Å². The summed E-state index contributed by atoms with van der Waals surface area (Å²) in [5.74, 6) is -0.690. The number of sulfonamides is 1. The second-order valence-corrected chi connectivity index (χ2v) is 6.79. The molecule has 0 amide bonds. The minimum Gasteiger partial charge on any atom is -0.389 e. The predicted molar refractivity (Wildman–Crippen MR) is 72.1 cm³/mol. The van der Waals surface area contributed by atoms with Gasteiger partial charge in [0.25, 0.3) is 0 Å². The van der Waals surface area contributed by atoms with E-state index in [2.05, 4.69) is 4.72 Å². The Morgan fingerprint density at radius 3 is 2.68 bits per heavy atom. The van der Waals surface area contributed by atoms with E-state index < -0.39 is 21.4 Å². The Bertz CT molecular complexity index is 546. The van der Waals surface area contributed by atoms with E-state index >= 15 is 0 Å².